The largest absolute Gasteiger partial charge is 0.505 e. The number of aliphatic hydroxyl groups excluding tert-OH is 1. The van der Waals surface area contributed by atoms with Crippen LogP contribution in [0.5, 0.6) is 0 Å². The molecule has 20 heavy (non-hydrogen) atoms. The number of ketones is 1. The average Bonchev–Trinajstić information content (AvgIpc) is 2.55. The Morgan fingerprint density at radius 2 is 1.55 bits per heavy atom. The van der Waals surface area contributed by atoms with Crippen molar-refractivity contribution >= 4 is 5.78 Å². The lowest BCUT2D eigenvalue weighted by molar-refractivity contribution is 0.0747. The van der Waals surface area contributed by atoms with Crippen LogP contribution in [0, 0.1) is 0 Å². The first-order chi connectivity index (χ1) is 9.70. The van der Waals surface area contributed by atoms with E-state index in [9.17, 15) is 9.90 Å². The Hall–Kier alpha value is -2.39. The van der Waals surface area contributed by atoms with Gasteiger partial charge in [-0.15, -0.1) is 0 Å². The molecular weight excluding hydrogens is 252 g/mol. The molecule has 0 heterocycles. The van der Waals surface area contributed by atoms with E-state index in [2.05, 4.69) is 11.3 Å². The molecule has 0 aliphatic rings. The van der Waals surface area contributed by atoms with Gasteiger partial charge in [0.2, 0.25) is 0 Å². The van der Waals surface area contributed by atoms with Crippen molar-refractivity contribution in [3.05, 3.63) is 84.6 Å². The lowest BCUT2D eigenvalue weighted by Crippen LogP contribution is -2.11. The zero-order valence-corrected chi connectivity index (χ0v) is 11.4. The number of ether oxygens (including phenoxy) is 1. The van der Waals surface area contributed by atoms with Gasteiger partial charge in [0.1, 0.15) is 6.10 Å². The minimum atomic E-state index is -1.08. The van der Waals surface area contributed by atoms with Gasteiger partial charge in [0.05, 0.1) is 13.4 Å². The van der Waals surface area contributed by atoms with Gasteiger partial charge < -0.3 is 9.84 Å². The standard InChI is InChI=1S/C14H12O2.C3H6O/c15-13(11-7-3-1-4-8-11)14(16)12-9-5-2-6-10-12;1-3-4-2/h1-10,13,15H;3H,1H2,2H3. The molecule has 0 fully saturated rings. The van der Waals surface area contributed by atoms with E-state index in [4.69, 9.17) is 0 Å². The van der Waals surface area contributed by atoms with Crippen molar-refractivity contribution in [3.63, 3.8) is 0 Å². The first-order valence-electron chi connectivity index (χ1n) is 6.16. The molecule has 1 atom stereocenters. The molecule has 0 radical (unpaired) electrons. The molecule has 0 saturated carbocycles. The lowest BCUT2D eigenvalue weighted by atomic mass is 10.0. The molecule has 2 rings (SSSR count). The highest BCUT2D eigenvalue weighted by molar-refractivity contribution is 5.99. The van der Waals surface area contributed by atoms with Crippen LogP contribution in [-0.2, 0) is 4.74 Å². The quantitative estimate of drug-likeness (QED) is 0.684. The number of carbonyl (C=O) groups excluding carboxylic acids is 1. The molecule has 104 valence electrons. The third-order valence-electron chi connectivity index (χ3n) is 2.59. The number of methoxy groups -OCH3 is 1. The van der Waals surface area contributed by atoms with Crippen LogP contribution in [0.4, 0.5) is 0 Å². The second kappa shape index (κ2) is 8.67. The summed E-state index contributed by atoms with van der Waals surface area (Å²) in [4.78, 5) is 11.9. The summed E-state index contributed by atoms with van der Waals surface area (Å²) >= 11 is 0. The summed E-state index contributed by atoms with van der Waals surface area (Å²) in [6.45, 7) is 3.26. The van der Waals surface area contributed by atoms with E-state index in [0.717, 1.165) is 0 Å². The maximum atomic E-state index is 11.9. The monoisotopic (exact) mass is 270 g/mol. The zero-order valence-electron chi connectivity index (χ0n) is 11.4. The summed E-state index contributed by atoms with van der Waals surface area (Å²) < 4.78 is 4.31. The Morgan fingerprint density at radius 1 is 1.10 bits per heavy atom. The highest BCUT2D eigenvalue weighted by atomic mass is 16.5. The van der Waals surface area contributed by atoms with Crippen LogP contribution in [0.3, 0.4) is 0 Å². The van der Waals surface area contributed by atoms with E-state index in [0.29, 0.717) is 11.1 Å². The van der Waals surface area contributed by atoms with Crippen LogP contribution in [0.25, 0.3) is 0 Å². The topological polar surface area (TPSA) is 46.5 Å². The summed E-state index contributed by atoms with van der Waals surface area (Å²) in [6, 6.07) is 17.7. The number of hydrogen-bond donors (Lipinski definition) is 1. The fourth-order valence-corrected chi connectivity index (χ4v) is 1.55. The summed E-state index contributed by atoms with van der Waals surface area (Å²) in [5, 5.41) is 9.89. The molecule has 3 heteroatoms. The van der Waals surface area contributed by atoms with Crippen LogP contribution in [-0.4, -0.2) is 18.0 Å². The van der Waals surface area contributed by atoms with Crippen molar-refractivity contribution in [1.82, 2.24) is 0 Å². The van der Waals surface area contributed by atoms with Crippen LogP contribution in [0.1, 0.15) is 22.0 Å². The molecule has 0 saturated heterocycles. The fraction of sp³-hybridized carbons (Fsp3) is 0.118. The van der Waals surface area contributed by atoms with E-state index >= 15 is 0 Å². The van der Waals surface area contributed by atoms with Crippen molar-refractivity contribution in [2.45, 2.75) is 6.10 Å². The number of carbonyl (C=O) groups is 1. The highest BCUT2D eigenvalue weighted by Gasteiger charge is 2.18. The number of aliphatic hydroxyl groups is 1. The van der Waals surface area contributed by atoms with Crippen LogP contribution < -0.4 is 0 Å². The molecular formula is C17H18O3. The molecule has 2 aromatic carbocycles. The number of benzene rings is 2. The van der Waals surface area contributed by atoms with Crippen molar-refractivity contribution in [3.8, 4) is 0 Å². The minimum Gasteiger partial charge on any atom is -0.505 e. The van der Waals surface area contributed by atoms with Gasteiger partial charge in [0, 0.05) is 5.56 Å². The predicted molar refractivity (Wildman–Crippen MR) is 79.4 cm³/mol. The second-order valence-corrected chi connectivity index (χ2v) is 3.95. The first-order valence-corrected chi connectivity index (χ1v) is 6.16. The lowest BCUT2D eigenvalue weighted by Gasteiger charge is -2.09. The van der Waals surface area contributed by atoms with Gasteiger partial charge >= 0.3 is 0 Å². The molecule has 3 nitrogen and oxygen atoms in total. The second-order valence-electron chi connectivity index (χ2n) is 3.95. The minimum absolute atomic E-state index is 0.271. The van der Waals surface area contributed by atoms with Gasteiger partial charge in [-0.3, -0.25) is 4.79 Å². The van der Waals surface area contributed by atoms with Gasteiger partial charge in [-0.05, 0) is 5.56 Å². The smallest absolute Gasteiger partial charge is 0.195 e. The Bertz CT molecular complexity index is 520. The molecule has 0 aromatic heterocycles. The van der Waals surface area contributed by atoms with E-state index in [1.165, 1.54) is 6.26 Å². The number of Topliss-reactive ketones (excluding diaryl/α,β-unsaturated/α-hetero) is 1. The maximum absolute atomic E-state index is 11.9. The highest BCUT2D eigenvalue weighted by Crippen LogP contribution is 2.17. The molecule has 1 unspecified atom stereocenters. The zero-order chi connectivity index (χ0) is 14.8. The average molecular weight is 270 g/mol. The van der Waals surface area contributed by atoms with Crippen molar-refractivity contribution in [2.75, 3.05) is 7.11 Å². The Balaban J connectivity index is 0.000000444. The molecule has 0 amide bonds. The normalized spacial score (nSPS) is 10.7. The molecule has 0 spiro atoms. The molecule has 2 aromatic rings. The van der Waals surface area contributed by atoms with E-state index in [1.54, 1.807) is 55.6 Å². The van der Waals surface area contributed by atoms with Gasteiger partial charge in [-0.25, -0.2) is 0 Å². The van der Waals surface area contributed by atoms with E-state index in [-0.39, 0.29) is 5.78 Å². The van der Waals surface area contributed by atoms with Gasteiger partial charge in [0.15, 0.2) is 5.78 Å². The van der Waals surface area contributed by atoms with Crippen molar-refractivity contribution < 1.29 is 14.6 Å². The summed E-state index contributed by atoms with van der Waals surface area (Å²) in [5.74, 6) is -0.271. The Morgan fingerprint density at radius 3 is 2.00 bits per heavy atom. The summed E-state index contributed by atoms with van der Waals surface area (Å²) in [7, 11) is 1.56. The van der Waals surface area contributed by atoms with E-state index < -0.39 is 6.10 Å². The summed E-state index contributed by atoms with van der Waals surface area (Å²) in [6.07, 6.45) is 0.295. The van der Waals surface area contributed by atoms with Gasteiger partial charge in [0.25, 0.3) is 0 Å². The molecule has 0 aliphatic heterocycles. The third-order valence-corrected chi connectivity index (χ3v) is 2.59. The van der Waals surface area contributed by atoms with E-state index in [1.807, 2.05) is 12.1 Å². The van der Waals surface area contributed by atoms with Crippen LogP contribution >= 0.6 is 0 Å². The SMILES string of the molecule is C=COC.O=C(c1ccccc1)C(O)c1ccccc1. The van der Waals surface area contributed by atoms with Crippen LogP contribution in [0.2, 0.25) is 0 Å². The predicted octanol–water partition coefficient (Wildman–Crippen LogP) is 3.38. The summed E-state index contributed by atoms with van der Waals surface area (Å²) in [5.41, 5.74) is 1.15. The van der Waals surface area contributed by atoms with Crippen molar-refractivity contribution in [2.24, 2.45) is 0 Å². The Labute approximate surface area is 119 Å². The molecule has 0 bridgehead atoms. The third kappa shape index (κ3) is 4.71. The van der Waals surface area contributed by atoms with Gasteiger partial charge in [-0.2, -0.15) is 0 Å². The maximum Gasteiger partial charge on any atom is 0.195 e. The van der Waals surface area contributed by atoms with Crippen molar-refractivity contribution in [1.29, 1.82) is 0 Å². The number of hydrogen-bond acceptors (Lipinski definition) is 3. The van der Waals surface area contributed by atoms with Gasteiger partial charge in [-0.1, -0.05) is 67.2 Å². The molecule has 1 N–H and O–H groups in total. The number of rotatable bonds is 4. The fourth-order valence-electron chi connectivity index (χ4n) is 1.55. The Kier molecular flexibility index (Phi) is 6.79. The van der Waals surface area contributed by atoms with Crippen LogP contribution in [0.15, 0.2) is 73.5 Å². The first kappa shape index (κ1) is 15.7. The molecule has 0 aliphatic carbocycles.